The van der Waals surface area contributed by atoms with E-state index in [1.807, 2.05) is 61.5 Å². The number of nitrogens with two attached hydrogens (primary N) is 1. The van der Waals surface area contributed by atoms with E-state index in [-0.39, 0.29) is 0 Å². The molecule has 2 N–H and O–H groups in total. The fourth-order valence-electron chi connectivity index (χ4n) is 1.98. The zero-order chi connectivity index (χ0) is 13.9. The molecule has 0 aliphatic heterocycles. The third-order valence-electron chi connectivity index (χ3n) is 3.18. The molecular weight excluding hydrogens is 250 g/mol. The summed E-state index contributed by atoms with van der Waals surface area (Å²) < 4.78 is 5.28. The van der Waals surface area contributed by atoms with Gasteiger partial charge in [-0.1, -0.05) is 65.3 Å². The molecule has 0 bridgehead atoms. The van der Waals surface area contributed by atoms with Gasteiger partial charge in [-0.2, -0.15) is 4.98 Å². The summed E-state index contributed by atoms with van der Waals surface area (Å²) in [6, 6.07) is 17.3. The van der Waals surface area contributed by atoms with Crippen molar-refractivity contribution in [2.24, 2.45) is 5.73 Å². The van der Waals surface area contributed by atoms with Crippen LogP contribution in [0.3, 0.4) is 0 Å². The van der Waals surface area contributed by atoms with Gasteiger partial charge in [0.25, 0.3) is 0 Å². The van der Waals surface area contributed by atoms with Crippen LogP contribution in [-0.2, 0) is 0 Å². The van der Waals surface area contributed by atoms with Crippen molar-refractivity contribution in [2.75, 3.05) is 0 Å². The molecule has 0 radical (unpaired) electrons. The van der Waals surface area contributed by atoms with E-state index in [0.717, 1.165) is 11.1 Å². The summed E-state index contributed by atoms with van der Waals surface area (Å²) in [6.07, 6.45) is 0. The lowest BCUT2D eigenvalue weighted by Gasteiger charge is -2.05. The maximum Gasteiger partial charge on any atom is 0.248 e. The van der Waals surface area contributed by atoms with Gasteiger partial charge in [-0.3, -0.25) is 0 Å². The minimum absolute atomic E-state index is 0.400. The highest BCUT2D eigenvalue weighted by molar-refractivity contribution is 5.54. The molecule has 0 unspecified atom stereocenters. The van der Waals surface area contributed by atoms with Crippen molar-refractivity contribution >= 4 is 0 Å². The van der Waals surface area contributed by atoms with Crippen molar-refractivity contribution < 1.29 is 4.52 Å². The second-order valence-electron chi connectivity index (χ2n) is 4.71. The summed E-state index contributed by atoms with van der Waals surface area (Å²) in [5.74, 6) is 0.984. The van der Waals surface area contributed by atoms with E-state index >= 15 is 0 Å². The van der Waals surface area contributed by atoms with Gasteiger partial charge in [-0.15, -0.1) is 0 Å². The van der Waals surface area contributed by atoms with Crippen LogP contribution < -0.4 is 5.73 Å². The molecule has 1 atom stereocenters. The van der Waals surface area contributed by atoms with Crippen molar-refractivity contribution in [1.82, 2.24) is 10.1 Å². The van der Waals surface area contributed by atoms with E-state index in [1.165, 1.54) is 5.56 Å². The summed E-state index contributed by atoms with van der Waals surface area (Å²) in [6.45, 7) is 2.04. The van der Waals surface area contributed by atoms with Gasteiger partial charge in [0.2, 0.25) is 11.7 Å². The van der Waals surface area contributed by atoms with Crippen molar-refractivity contribution in [3.63, 3.8) is 0 Å². The van der Waals surface area contributed by atoms with Crippen molar-refractivity contribution in [2.45, 2.75) is 13.0 Å². The maximum atomic E-state index is 6.14. The summed E-state index contributed by atoms with van der Waals surface area (Å²) in [4.78, 5) is 4.38. The highest BCUT2D eigenvalue weighted by Crippen LogP contribution is 2.21. The first-order valence-corrected chi connectivity index (χ1v) is 6.45. The zero-order valence-electron chi connectivity index (χ0n) is 11.2. The van der Waals surface area contributed by atoms with Gasteiger partial charge in [0.15, 0.2) is 0 Å². The summed E-state index contributed by atoms with van der Waals surface area (Å²) in [5, 5.41) is 4.00. The summed E-state index contributed by atoms with van der Waals surface area (Å²) in [5.41, 5.74) is 9.20. The predicted molar refractivity (Wildman–Crippen MR) is 76.9 cm³/mol. The predicted octanol–water partition coefficient (Wildman–Crippen LogP) is 3.09. The van der Waals surface area contributed by atoms with Crippen molar-refractivity contribution in [3.05, 3.63) is 71.6 Å². The molecule has 1 heterocycles. The normalized spacial score (nSPS) is 12.3. The topological polar surface area (TPSA) is 64.9 Å². The molecule has 0 saturated carbocycles. The third-order valence-corrected chi connectivity index (χ3v) is 3.18. The first-order chi connectivity index (χ1) is 9.74. The van der Waals surface area contributed by atoms with Crippen LogP contribution in [0.5, 0.6) is 0 Å². The average molecular weight is 265 g/mol. The Hall–Kier alpha value is -2.46. The molecule has 3 rings (SSSR count). The lowest BCUT2D eigenvalue weighted by Crippen LogP contribution is -2.11. The molecule has 0 amide bonds. The van der Waals surface area contributed by atoms with Crippen LogP contribution in [0.4, 0.5) is 0 Å². The Kier molecular flexibility index (Phi) is 3.31. The second-order valence-corrected chi connectivity index (χ2v) is 4.71. The van der Waals surface area contributed by atoms with Crippen molar-refractivity contribution in [1.29, 1.82) is 0 Å². The molecule has 0 aliphatic rings. The maximum absolute atomic E-state index is 6.14. The standard InChI is InChI=1S/C16H15N3O/c1-11-7-9-13(10-8-11)15-18-16(20-19-15)14(17)12-5-3-2-4-6-12/h2-10,14H,17H2,1H3/t14-/m1/s1. The van der Waals surface area contributed by atoms with Crippen LogP contribution in [0.2, 0.25) is 0 Å². The fourth-order valence-corrected chi connectivity index (χ4v) is 1.98. The minimum atomic E-state index is -0.400. The molecule has 0 spiro atoms. The van der Waals surface area contributed by atoms with Gasteiger partial charge >= 0.3 is 0 Å². The zero-order valence-corrected chi connectivity index (χ0v) is 11.2. The smallest absolute Gasteiger partial charge is 0.248 e. The van der Waals surface area contributed by atoms with Gasteiger partial charge in [0.05, 0.1) is 0 Å². The lowest BCUT2D eigenvalue weighted by molar-refractivity contribution is 0.367. The molecule has 4 nitrogen and oxygen atoms in total. The van der Waals surface area contributed by atoms with Gasteiger partial charge < -0.3 is 10.3 Å². The Bertz CT molecular complexity index is 689. The van der Waals surface area contributed by atoms with Gasteiger partial charge in [0, 0.05) is 5.56 Å². The van der Waals surface area contributed by atoms with Crippen LogP contribution in [0.1, 0.15) is 23.1 Å². The molecule has 0 saturated heterocycles. The number of nitrogens with zero attached hydrogens (tertiary/aromatic N) is 2. The Morgan fingerprint density at radius 3 is 2.40 bits per heavy atom. The molecule has 4 heteroatoms. The van der Waals surface area contributed by atoms with E-state index in [9.17, 15) is 0 Å². The number of aromatic nitrogens is 2. The SMILES string of the molecule is Cc1ccc(-c2noc([C@H](N)c3ccccc3)n2)cc1. The Morgan fingerprint density at radius 2 is 1.70 bits per heavy atom. The molecule has 1 aromatic heterocycles. The van der Waals surface area contributed by atoms with E-state index in [1.54, 1.807) is 0 Å². The number of aryl methyl sites for hydroxylation is 1. The van der Waals surface area contributed by atoms with Gasteiger partial charge in [0.1, 0.15) is 6.04 Å². The second kappa shape index (κ2) is 5.27. The number of rotatable bonds is 3. The van der Waals surface area contributed by atoms with E-state index in [0.29, 0.717) is 11.7 Å². The summed E-state index contributed by atoms with van der Waals surface area (Å²) >= 11 is 0. The number of hydrogen-bond donors (Lipinski definition) is 1. The summed E-state index contributed by atoms with van der Waals surface area (Å²) in [7, 11) is 0. The first kappa shape index (κ1) is 12.6. The molecule has 0 fully saturated rings. The van der Waals surface area contributed by atoms with Gasteiger partial charge in [-0.05, 0) is 12.5 Å². The van der Waals surface area contributed by atoms with Crippen LogP contribution >= 0.6 is 0 Å². The fraction of sp³-hybridized carbons (Fsp3) is 0.125. The first-order valence-electron chi connectivity index (χ1n) is 6.45. The van der Waals surface area contributed by atoms with Crippen LogP contribution in [0.25, 0.3) is 11.4 Å². The van der Waals surface area contributed by atoms with Crippen molar-refractivity contribution in [3.8, 4) is 11.4 Å². The quantitative estimate of drug-likeness (QED) is 0.790. The molecular formula is C16H15N3O. The third kappa shape index (κ3) is 2.46. The monoisotopic (exact) mass is 265 g/mol. The molecule has 100 valence electrons. The molecule has 3 aromatic rings. The molecule has 2 aromatic carbocycles. The number of benzene rings is 2. The number of hydrogen-bond acceptors (Lipinski definition) is 4. The van der Waals surface area contributed by atoms with E-state index in [4.69, 9.17) is 10.3 Å². The Morgan fingerprint density at radius 1 is 1.00 bits per heavy atom. The van der Waals surface area contributed by atoms with Crippen LogP contribution in [-0.4, -0.2) is 10.1 Å². The molecule has 20 heavy (non-hydrogen) atoms. The molecule has 0 aliphatic carbocycles. The van der Waals surface area contributed by atoms with Gasteiger partial charge in [-0.25, -0.2) is 0 Å². The Balaban J connectivity index is 1.89. The van der Waals surface area contributed by atoms with E-state index in [2.05, 4.69) is 10.1 Å². The van der Waals surface area contributed by atoms with Crippen LogP contribution in [0, 0.1) is 6.92 Å². The Labute approximate surface area is 117 Å². The van der Waals surface area contributed by atoms with Crippen LogP contribution in [0.15, 0.2) is 59.1 Å². The highest BCUT2D eigenvalue weighted by Gasteiger charge is 2.17. The average Bonchev–Trinajstić information content (AvgIpc) is 2.98. The van der Waals surface area contributed by atoms with E-state index < -0.39 is 6.04 Å². The largest absolute Gasteiger partial charge is 0.337 e. The lowest BCUT2D eigenvalue weighted by atomic mass is 10.1. The minimum Gasteiger partial charge on any atom is -0.337 e. The highest BCUT2D eigenvalue weighted by atomic mass is 16.5.